The van der Waals surface area contributed by atoms with Crippen LogP contribution in [0.15, 0.2) is 4.99 Å². The van der Waals surface area contributed by atoms with E-state index in [1.807, 2.05) is 6.92 Å². The quantitative estimate of drug-likeness (QED) is 0.507. The second kappa shape index (κ2) is 2.62. The zero-order valence-electron chi connectivity index (χ0n) is 5.48. The monoisotopic (exact) mass is 126 g/mol. The molecule has 0 atom stereocenters. The summed E-state index contributed by atoms with van der Waals surface area (Å²) in [5.74, 6) is 0.745. The van der Waals surface area contributed by atoms with Gasteiger partial charge in [0.25, 0.3) is 0 Å². The Labute approximate surface area is 54.2 Å². The fraction of sp³-hybridized carbons (Fsp3) is 0.667. The van der Waals surface area contributed by atoms with Gasteiger partial charge in [0.15, 0.2) is 0 Å². The maximum atomic E-state index is 10.7. The van der Waals surface area contributed by atoms with Crippen molar-refractivity contribution in [2.24, 2.45) is 4.99 Å². The largest absolute Gasteiger partial charge is 0.374 e. The van der Waals surface area contributed by atoms with Gasteiger partial charge in [0.05, 0.1) is 0 Å². The van der Waals surface area contributed by atoms with E-state index < -0.39 is 0 Å². The fourth-order valence-electron chi connectivity index (χ4n) is 0.791. The third kappa shape index (κ3) is 1.83. The van der Waals surface area contributed by atoms with Gasteiger partial charge in [-0.15, -0.1) is 0 Å². The van der Waals surface area contributed by atoms with Crippen molar-refractivity contribution in [3.63, 3.8) is 0 Å². The second-order valence-electron chi connectivity index (χ2n) is 2.12. The lowest BCUT2D eigenvalue weighted by Crippen LogP contribution is -2.19. The lowest BCUT2D eigenvalue weighted by atomic mass is 10.3. The highest BCUT2D eigenvalue weighted by molar-refractivity contribution is 5.93. The molecule has 1 N–H and O–H groups in total. The lowest BCUT2D eigenvalue weighted by Gasteiger charge is -1.96. The van der Waals surface area contributed by atoms with Crippen LogP contribution in [0.5, 0.6) is 0 Å². The Morgan fingerprint density at radius 1 is 1.67 bits per heavy atom. The van der Waals surface area contributed by atoms with Crippen molar-refractivity contribution < 1.29 is 4.79 Å². The van der Waals surface area contributed by atoms with Crippen LogP contribution in [0.4, 0.5) is 0 Å². The molecule has 0 bridgehead atoms. The summed E-state index contributed by atoms with van der Waals surface area (Å²) < 4.78 is 0. The number of hydrogen-bond donors (Lipinski definition) is 1. The predicted molar refractivity (Wildman–Crippen MR) is 35.4 cm³/mol. The first-order chi connectivity index (χ1) is 4.29. The molecule has 9 heavy (non-hydrogen) atoms. The van der Waals surface area contributed by atoms with Gasteiger partial charge in [0.2, 0.25) is 5.91 Å². The Morgan fingerprint density at radius 3 is 3.22 bits per heavy atom. The van der Waals surface area contributed by atoms with Crippen molar-refractivity contribution in [1.29, 1.82) is 0 Å². The molecule has 0 aliphatic carbocycles. The number of carbonyl (C=O) groups is 1. The average Bonchev–Trinajstić information content (AvgIpc) is 1.93. The molecule has 0 saturated heterocycles. The van der Waals surface area contributed by atoms with Gasteiger partial charge in [-0.3, -0.25) is 4.79 Å². The van der Waals surface area contributed by atoms with Gasteiger partial charge in [-0.25, -0.2) is 4.99 Å². The summed E-state index contributed by atoms with van der Waals surface area (Å²) in [6, 6.07) is 0. The van der Waals surface area contributed by atoms with Crippen molar-refractivity contribution in [2.75, 3.05) is 6.54 Å². The van der Waals surface area contributed by atoms with Crippen molar-refractivity contribution >= 4 is 11.7 Å². The summed E-state index contributed by atoms with van der Waals surface area (Å²) in [5.41, 5.74) is 0. The highest BCUT2D eigenvalue weighted by Crippen LogP contribution is 1.95. The van der Waals surface area contributed by atoms with Crippen LogP contribution in [0.3, 0.4) is 0 Å². The number of carbonyl (C=O) groups excluding carboxylic acids is 1. The Hall–Kier alpha value is -0.860. The first-order valence-corrected chi connectivity index (χ1v) is 3.11. The molecule has 50 valence electrons. The number of hydrogen-bond acceptors (Lipinski definition) is 2. The molecule has 0 aromatic heterocycles. The number of aliphatic imine (C=N–C) groups is 1. The van der Waals surface area contributed by atoms with Crippen LogP contribution in [-0.4, -0.2) is 18.3 Å². The van der Waals surface area contributed by atoms with E-state index >= 15 is 0 Å². The Kier molecular flexibility index (Phi) is 1.82. The van der Waals surface area contributed by atoms with E-state index in [-0.39, 0.29) is 5.91 Å². The average molecular weight is 126 g/mol. The zero-order chi connectivity index (χ0) is 6.69. The van der Waals surface area contributed by atoms with Crippen LogP contribution < -0.4 is 5.32 Å². The molecule has 1 rings (SSSR count). The smallest absolute Gasteiger partial charge is 0.247 e. The molecular formula is C6H10N2O. The summed E-state index contributed by atoms with van der Waals surface area (Å²) in [6.45, 7) is 2.68. The summed E-state index contributed by atoms with van der Waals surface area (Å²) in [4.78, 5) is 14.4. The van der Waals surface area contributed by atoms with Crippen LogP contribution in [0.25, 0.3) is 0 Å². The van der Waals surface area contributed by atoms with E-state index in [4.69, 9.17) is 0 Å². The van der Waals surface area contributed by atoms with Crippen LogP contribution in [-0.2, 0) is 4.79 Å². The number of nitrogens with zero attached hydrogens (tertiary/aromatic N) is 1. The number of nitrogens with one attached hydrogen (secondary N) is 1. The van der Waals surface area contributed by atoms with Crippen molar-refractivity contribution in [3.8, 4) is 0 Å². The van der Waals surface area contributed by atoms with E-state index in [1.165, 1.54) is 0 Å². The fourth-order valence-corrected chi connectivity index (χ4v) is 0.791. The molecule has 0 aromatic rings. The van der Waals surface area contributed by atoms with E-state index in [0.29, 0.717) is 6.42 Å². The maximum absolute atomic E-state index is 10.7. The van der Waals surface area contributed by atoms with E-state index in [9.17, 15) is 4.79 Å². The van der Waals surface area contributed by atoms with E-state index in [2.05, 4.69) is 10.3 Å². The second-order valence-corrected chi connectivity index (χ2v) is 2.12. The normalized spacial score (nSPS) is 20.1. The van der Waals surface area contributed by atoms with E-state index in [1.54, 1.807) is 0 Å². The summed E-state index contributed by atoms with van der Waals surface area (Å²) in [6.07, 6.45) is 1.49. The number of rotatable bonds is 0. The number of amidine groups is 1. The van der Waals surface area contributed by atoms with Crippen molar-refractivity contribution in [2.45, 2.75) is 19.8 Å². The van der Waals surface area contributed by atoms with Gasteiger partial charge in [-0.05, 0) is 13.3 Å². The van der Waals surface area contributed by atoms with Crippen LogP contribution in [0.2, 0.25) is 0 Å². The Balaban J connectivity index is 2.59. The highest BCUT2D eigenvalue weighted by Gasteiger charge is 2.03. The summed E-state index contributed by atoms with van der Waals surface area (Å²) in [7, 11) is 0. The minimum Gasteiger partial charge on any atom is -0.374 e. The summed E-state index contributed by atoms with van der Waals surface area (Å²) >= 11 is 0. The molecule has 0 radical (unpaired) electrons. The van der Waals surface area contributed by atoms with Crippen LogP contribution in [0.1, 0.15) is 19.8 Å². The molecule has 1 aliphatic heterocycles. The molecule has 0 aromatic carbocycles. The molecule has 3 nitrogen and oxygen atoms in total. The lowest BCUT2D eigenvalue weighted by molar-refractivity contribution is -0.117. The van der Waals surface area contributed by atoms with Gasteiger partial charge in [-0.1, -0.05) is 0 Å². The minimum absolute atomic E-state index is 0.00231. The molecule has 0 spiro atoms. The molecule has 0 unspecified atom stereocenters. The SMILES string of the molecule is CC1=NC(=O)CCCN1. The first kappa shape index (κ1) is 6.26. The number of amides is 1. The van der Waals surface area contributed by atoms with Crippen molar-refractivity contribution in [3.05, 3.63) is 0 Å². The van der Waals surface area contributed by atoms with Gasteiger partial charge >= 0.3 is 0 Å². The van der Waals surface area contributed by atoms with Gasteiger partial charge < -0.3 is 5.32 Å². The molecule has 0 fully saturated rings. The topological polar surface area (TPSA) is 41.5 Å². The Bertz CT molecular complexity index is 151. The van der Waals surface area contributed by atoms with Gasteiger partial charge in [0.1, 0.15) is 5.84 Å². The third-order valence-electron chi connectivity index (χ3n) is 1.24. The zero-order valence-corrected chi connectivity index (χ0v) is 5.48. The minimum atomic E-state index is -0.00231. The van der Waals surface area contributed by atoms with Gasteiger partial charge in [0, 0.05) is 13.0 Å². The molecular weight excluding hydrogens is 116 g/mol. The first-order valence-electron chi connectivity index (χ1n) is 3.11. The molecule has 0 saturated carbocycles. The molecule has 1 heterocycles. The summed E-state index contributed by atoms with van der Waals surface area (Å²) in [5, 5.41) is 3.00. The highest BCUT2D eigenvalue weighted by atomic mass is 16.1. The van der Waals surface area contributed by atoms with Crippen LogP contribution >= 0.6 is 0 Å². The molecule has 1 aliphatic rings. The molecule has 3 heteroatoms. The third-order valence-corrected chi connectivity index (χ3v) is 1.24. The predicted octanol–water partition coefficient (Wildman–Crippen LogP) is 0.315. The Morgan fingerprint density at radius 2 is 2.44 bits per heavy atom. The van der Waals surface area contributed by atoms with E-state index in [0.717, 1.165) is 18.8 Å². The molecule has 1 amide bonds. The maximum Gasteiger partial charge on any atom is 0.247 e. The van der Waals surface area contributed by atoms with Crippen LogP contribution in [0, 0.1) is 0 Å². The van der Waals surface area contributed by atoms with Crippen molar-refractivity contribution in [1.82, 2.24) is 5.32 Å². The standard InChI is InChI=1S/C6H10N2O/c1-5-7-4-2-3-6(9)8-5/h2-4H2,1H3,(H,7,8,9). The van der Waals surface area contributed by atoms with Gasteiger partial charge in [-0.2, -0.15) is 0 Å².